The fraction of sp³-hybridized carbons (Fsp3) is 0.118. The average Bonchev–Trinajstić information content (AvgIpc) is 2.52. The van der Waals surface area contributed by atoms with Crippen molar-refractivity contribution in [3.05, 3.63) is 59.7 Å². The topological polar surface area (TPSA) is 98.5 Å². The average molecular weight is 346 g/mol. The van der Waals surface area contributed by atoms with Crippen LogP contribution in [0, 0.1) is 6.92 Å². The van der Waals surface area contributed by atoms with Gasteiger partial charge in [-0.05, 0) is 36.8 Å². The molecule has 0 radical (unpaired) electrons. The standard InChI is InChI=1S/C17H18N2O4S/c1-12-4-3-5-13(10-12)6-9-17(20)19-15-11-14(24(18,21)22)7-8-16(15)23-2/h3-11H,1-2H3,(H,19,20)(H2,18,21,22)/b9-6+. The second kappa shape index (κ2) is 7.29. The largest absolute Gasteiger partial charge is 0.495 e. The van der Waals surface area contributed by atoms with Crippen LogP contribution in [0.5, 0.6) is 5.75 Å². The smallest absolute Gasteiger partial charge is 0.248 e. The summed E-state index contributed by atoms with van der Waals surface area (Å²) in [7, 11) is -2.45. The van der Waals surface area contributed by atoms with Crippen molar-refractivity contribution in [3.8, 4) is 5.75 Å². The Labute approximate surface area is 141 Å². The summed E-state index contributed by atoms with van der Waals surface area (Å²) in [6.07, 6.45) is 3.02. The molecular formula is C17H18N2O4S. The van der Waals surface area contributed by atoms with Gasteiger partial charge < -0.3 is 10.1 Å². The van der Waals surface area contributed by atoms with Crippen LogP contribution in [0.15, 0.2) is 53.4 Å². The van der Waals surface area contributed by atoms with Gasteiger partial charge >= 0.3 is 0 Å². The summed E-state index contributed by atoms with van der Waals surface area (Å²) in [6, 6.07) is 11.7. The molecule has 0 unspecified atom stereocenters. The Morgan fingerprint density at radius 3 is 2.58 bits per heavy atom. The van der Waals surface area contributed by atoms with Gasteiger partial charge in [-0.15, -0.1) is 0 Å². The second-order valence-electron chi connectivity index (χ2n) is 5.14. The number of aryl methyl sites for hydroxylation is 1. The van der Waals surface area contributed by atoms with Crippen LogP contribution in [0.4, 0.5) is 5.69 Å². The number of nitrogens with two attached hydrogens (primary N) is 1. The summed E-state index contributed by atoms with van der Waals surface area (Å²) in [5.41, 5.74) is 2.19. The van der Waals surface area contributed by atoms with Gasteiger partial charge in [0.2, 0.25) is 15.9 Å². The lowest BCUT2D eigenvalue weighted by Crippen LogP contribution is -2.14. The van der Waals surface area contributed by atoms with Crippen molar-refractivity contribution >= 4 is 27.7 Å². The van der Waals surface area contributed by atoms with Gasteiger partial charge in [0, 0.05) is 6.08 Å². The van der Waals surface area contributed by atoms with Gasteiger partial charge in [-0.1, -0.05) is 29.8 Å². The van der Waals surface area contributed by atoms with Gasteiger partial charge in [-0.2, -0.15) is 0 Å². The maximum absolute atomic E-state index is 12.1. The number of primary sulfonamides is 1. The van der Waals surface area contributed by atoms with E-state index < -0.39 is 15.9 Å². The van der Waals surface area contributed by atoms with E-state index in [2.05, 4.69) is 5.32 Å². The molecule has 2 aromatic rings. The molecule has 2 aromatic carbocycles. The predicted molar refractivity (Wildman–Crippen MR) is 93.2 cm³/mol. The van der Waals surface area contributed by atoms with Crippen molar-refractivity contribution in [2.24, 2.45) is 5.14 Å². The summed E-state index contributed by atoms with van der Waals surface area (Å²) in [4.78, 5) is 12.0. The Hall–Kier alpha value is -2.64. The van der Waals surface area contributed by atoms with Gasteiger partial charge in [0.25, 0.3) is 0 Å². The van der Waals surface area contributed by atoms with Crippen molar-refractivity contribution in [1.29, 1.82) is 0 Å². The zero-order chi connectivity index (χ0) is 17.7. The number of anilines is 1. The van der Waals surface area contributed by atoms with Gasteiger partial charge in [-0.25, -0.2) is 13.6 Å². The molecule has 0 atom stereocenters. The number of carbonyl (C=O) groups excluding carboxylic acids is 1. The van der Waals surface area contributed by atoms with E-state index >= 15 is 0 Å². The van der Waals surface area contributed by atoms with Crippen LogP contribution < -0.4 is 15.2 Å². The number of hydrogen-bond acceptors (Lipinski definition) is 4. The lowest BCUT2D eigenvalue weighted by Gasteiger charge is -2.10. The van der Waals surface area contributed by atoms with Gasteiger partial charge in [0.1, 0.15) is 5.75 Å². The number of carbonyl (C=O) groups is 1. The Balaban J connectivity index is 2.21. The lowest BCUT2D eigenvalue weighted by molar-refractivity contribution is -0.111. The van der Waals surface area contributed by atoms with Crippen LogP contribution in [0.1, 0.15) is 11.1 Å². The highest BCUT2D eigenvalue weighted by molar-refractivity contribution is 7.89. The Bertz CT molecular complexity index is 889. The molecule has 0 aliphatic carbocycles. The number of sulfonamides is 1. The number of hydrogen-bond donors (Lipinski definition) is 2. The number of rotatable bonds is 5. The second-order valence-corrected chi connectivity index (χ2v) is 6.71. The Morgan fingerprint density at radius 1 is 1.21 bits per heavy atom. The number of ether oxygens (including phenoxy) is 1. The first-order valence-corrected chi connectivity index (χ1v) is 8.61. The molecule has 3 N–H and O–H groups in total. The number of amides is 1. The number of nitrogens with one attached hydrogen (secondary N) is 1. The number of methoxy groups -OCH3 is 1. The molecule has 0 aromatic heterocycles. The molecule has 2 rings (SSSR count). The molecule has 0 fully saturated rings. The summed E-state index contributed by atoms with van der Waals surface area (Å²) < 4.78 is 28.0. The SMILES string of the molecule is COc1ccc(S(N)(=O)=O)cc1NC(=O)/C=C/c1cccc(C)c1. The molecule has 0 saturated carbocycles. The molecule has 0 saturated heterocycles. The Morgan fingerprint density at radius 2 is 1.96 bits per heavy atom. The van der Waals surface area contributed by atoms with Crippen molar-refractivity contribution in [1.82, 2.24) is 0 Å². The van der Waals surface area contributed by atoms with Crippen LogP contribution >= 0.6 is 0 Å². The van der Waals surface area contributed by atoms with Crippen LogP contribution in [-0.4, -0.2) is 21.4 Å². The molecule has 0 aliphatic rings. The van der Waals surface area contributed by atoms with E-state index in [9.17, 15) is 13.2 Å². The molecule has 6 nitrogen and oxygen atoms in total. The van der Waals surface area contributed by atoms with Crippen LogP contribution in [0.25, 0.3) is 6.08 Å². The van der Waals surface area contributed by atoms with Crippen LogP contribution in [0.3, 0.4) is 0 Å². The quantitative estimate of drug-likeness (QED) is 0.812. The summed E-state index contributed by atoms with van der Waals surface area (Å²) in [5, 5.41) is 7.69. The Kier molecular flexibility index (Phi) is 5.38. The van der Waals surface area contributed by atoms with E-state index in [1.807, 2.05) is 31.2 Å². The van der Waals surface area contributed by atoms with Crippen molar-refractivity contribution < 1.29 is 17.9 Å². The summed E-state index contributed by atoms with van der Waals surface area (Å²) in [6.45, 7) is 1.96. The van der Waals surface area contributed by atoms with Crippen molar-refractivity contribution in [2.45, 2.75) is 11.8 Å². The fourth-order valence-corrected chi connectivity index (χ4v) is 2.62. The first-order chi connectivity index (χ1) is 11.3. The van der Waals surface area contributed by atoms with E-state index in [1.165, 1.54) is 31.4 Å². The third kappa shape index (κ3) is 4.68. The van der Waals surface area contributed by atoms with Gasteiger partial charge in [0.15, 0.2) is 0 Å². The zero-order valence-corrected chi connectivity index (χ0v) is 14.1. The molecule has 126 valence electrons. The summed E-state index contributed by atoms with van der Waals surface area (Å²) in [5.74, 6) is -0.0823. The first-order valence-electron chi connectivity index (χ1n) is 7.06. The third-order valence-electron chi connectivity index (χ3n) is 3.23. The van der Waals surface area contributed by atoms with E-state index in [0.717, 1.165) is 11.1 Å². The fourth-order valence-electron chi connectivity index (χ4n) is 2.08. The monoisotopic (exact) mass is 346 g/mol. The molecule has 0 spiro atoms. The lowest BCUT2D eigenvalue weighted by atomic mass is 10.1. The molecule has 0 aliphatic heterocycles. The number of benzene rings is 2. The van der Waals surface area contributed by atoms with Crippen LogP contribution in [-0.2, 0) is 14.8 Å². The van der Waals surface area contributed by atoms with E-state index in [4.69, 9.17) is 9.88 Å². The minimum atomic E-state index is -3.87. The summed E-state index contributed by atoms with van der Waals surface area (Å²) >= 11 is 0. The van der Waals surface area contributed by atoms with Crippen molar-refractivity contribution in [3.63, 3.8) is 0 Å². The molecule has 7 heteroatoms. The van der Waals surface area contributed by atoms with Gasteiger partial charge in [0.05, 0.1) is 17.7 Å². The highest BCUT2D eigenvalue weighted by Gasteiger charge is 2.13. The predicted octanol–water partition coefficient (Wildman–Crippen LogP) is 2.30. The molecule has 0 heterocycles. The normalized spacial score (nSPS) is 11.5. The van der Waals surface area contributed by atoms with E-state index in [1.54, 1.807) is 6.08 Å². The third-order valence-corrected chi connectivity index (χ3v) is 4.14. The molecule has 0 bridgehead atoms. The maximum Gasteiger partial charge on any atom is 0.248 e. The maximum atomic E-state index is 12.1. The first kappa shape index (κ1) is 17.7. The minimum Gasteiger partial charge on any atom is -0.495 e. The van der Waals surface area contributed by atoms with E-state index in [-0.39, 0.29) is 10.6 Å². The minimum absolute atomic E-state index is 0.110. The van der Waals surface area contributed by atoms with Crippen molar-refractivity contribution in [2.75, 3.05) is 12.4 Å². The molecule has 24 heavy (non-hydrogen) atoms. The molecular weight excluding hydrogens is 328 g/mol. The molecule has 1 amide bonds. The van der Waals surface area contributed by atoms with Crippen LogP contribution in [0.2, 0.25) is 0 Å². The van der Waals surface area contributed by atoms with Gasteiger partial charge in [-0.3, -0.25) is 4.79 Å². The van der Waals surface area contributed by atoms with E-state index in [0.29, 0.717) is 5.75 Å². The highest BCUT2D eigenvalue weighted by Crippen LogP contribution is 2.27. The highest BCUT2D eigenvalue weighted by atomic mass is 32.2. The zero-order valence-electron chi connectivity index (χ0n) is 13.3.